The number of rotatable bonds is 6. The molecule has 0 unspecified atom stereocenters. The van der Waals surface area contributed by atoms with E-state index in [-0.39, 0.29) is 25.0 Å². The number of carbonyl (C=O) groups excluding carboxylic acids is 2. The van der Waals surface area contributed by atoms with Crippen LogP contribution in [0.25, 0.3) is 10.6 Å². The van der Waals surface area contributed by atoms with Gasteiger partial charge in [0.1, 0.15) is 5.01 Å². The summed E-state index contributed by atoms with van der Waals surface area (Å²) in [5.41, 5.74) is 1.18. The maximum absolute atomic E-state index is 11.8. The molecule has 1 amide bonds. The molecule has 128 valence electrons. The lowest BCUT2D eigenvalue weighted by Crippen LogP contribution is -2.34. The fraction of sp³-hybridized carbons (Fsp3) is 0.312. The number of hydrogen-bond donors (Lipinski definition) is 1. The molecule has 1 aromatic carbocycles. The van der Waals surface area contributed by atoms with Gasteiger partial charge in [0.05, 0.1) is 22.2 Å². The van der Waals surface area contributed by atoms with Gasteiger partial charge in [-0.05, 0) is 26.0 Å². The number of ether oxygens (including phenoxy) is 1. The van der Waals surface area contributed by atoms with Crippen molar-refractivity contribution in [1.82, 2.24) is 10.3 Å². The van der Waals surface area contributed by atoms with Gasteiger partial charge < -0.3 is 10.1 Å². The molecule has 0 fully saturated rings. The molecule has 0 aliphatic rings. The lowest BCUT2D eigenvalue weighted by molar-refractivity contribution is -0.148. The molecule has 0 aliphatic carbocycles. The van der Waals surface area contributed by atoms with Crippen LogP contribution in [0.2, 0.25) is 10.0 Å². The van der Waals surface area contributed by atoms with E-state index in [0.717, 1.165) is 0 Å². The van der Waals surface area contributed by atoms with Gasteiger partial charge in [-0.2, -0.15) is 0 Å². The van der Waals surface area contributed by atoms with Gasteiger partial charge in [0.15, 0.2) is 6.61 Å². The fourth-order valence-electron chi connectivity index (χ4n) is 1.91. The van der Waals surface area contributed by atoms with Crippen molar-refractivity contribution in [2.45, 2.75) is 26.3 Å². The Morgan fingerprint density at radius 1 is 1.29 bits per heavy atom. The topological polar surface area (TPSA) is 68.3 Å². The van der Waals surface area contributed by atoms with Gasteiger partial charge in [0.25, 0.3) is 5.91 Å². The van der Waals surface area contributed by atoms with Gasteiger partial charge in [-0.15, -0.1) is 11.3 Å². The first-order valence-corrected chi connectivity index (χ1v) is 8.84. The molecule has 0 radical (unpaired) electrons. The minimum absolute atomic E-state index is 0.00216. The quantitative estimate of drug-likeness (QED) is 0.767. The summed E-state index contributed by atoms with van der Waals surface area (Å²) in [7, 11) is 0. The van der Waals surface area contributed by atoms with Crippen LogP contribution in [0.15, 0.2) is 23.6 Å². The smallest absolute Gasteiger partial charge is 0.312 e. The second-order valence-electron chi connectivity index (χ2n) is 5.30. The summed E-state index contributed by atoms with van der Waals surface area (Å²) >= 11 is 13.6. The van der Waals surface area contributed by atoms with E-state index in [1.54, 1.807) is 23.6 Å². The van der Waals surface area contributed by atoms with Crippen molar-refractivity contribution in [3.63, 3.8) is 0 Å². The van der Waals surface area contributed by atoms with E-state index >= 15 is 0 Å². The number of benzene rings is 1. The highest BCUT2D eigenvalue weighted by atomic mass is 35.5. The summed E-state index contributed by atoms with van der Waals surface area (Å²) in [4.78, 5) is 27.6. The van der Waals surface area contributed by atoms with Crippen molar-refractivity contribution in [1.29, 1.82) is 0 Å². The number of nitrogens with one attached hydrogen (secondary N) is 1. The molecule has 24 heavy (non-hydrogen) atoms. The Hall–Kier alpha value is -1.63. The average Bonchev–Trinajstić information content (AvgIpc) is 2.92. The van der Waals surface area contributed by atoms with E-state index < -0.39 is 5.97 Å². The maximum Gasteiger partial charge on any atom is 0.312 e. The highest BCUT2D eigenvalue weighted by Crippen LogP contribution is 2.36. The lowest BCUT2D eigenvalue weighted by Gasteiger charge is -2.08. The maximum atomic E-state index is 11.8. The molecule has 1 aromatic heterocycles. The van der Waals surface area contributed by atoms with Crippen molar-refractivity contribution < 1.29 is 14.3 Å². The zero-order chi connectivity index (χ0) is 17.7. The Morgan fingerprint density at radius 3 is 2.58 bits per heavy atom. The predicted octanol–water partition coefficient (Wildman–Crippen LogP) is 3.73. The normalized spacial score (nSPS) is 10.7. The largest absolute Gasteiger partial charge is 0.455 e. The van der Waals surface area contributed by atoms with Crippen molar-refractivity contribution in [3.05, 3.63) is 39.3 Å². The molecule has 8 heteroatoms. The van der Waals surface area contributed by atoms with E-state index in [2.05, 4.69) is 10.3 Å². The molecule has 0 bridgehead atoms. The van der Waals surface area contributed by atoms with Crippen LogP contribution in [0.3, 0.4) is 0 Å². The van der Waals surface area contributed by atoms with Crippen molar-refractivity contribution >= 4 is 46.4 Å². The summed E-state index contributed by atoms with van der Waals surface area (Å²) in [6, 6.07) is 5.21. The van der Waals surface area contributed by atoms with Crippen LogP contribution in [0.1, 0.15) is 19.5 Å². The van der Waals surface area contributed by atoms with Crippen molar-refractivity contribution in [2.24, 2.45) is 0 Å². The molecule has 1 N–H and O–H groups in total. The first kappa shape index (κ1) is 18.7. The minimum atomic E-state index is -0.518. The number of carbonyl (C=O) groups is 2. The number of aromatic nitrogens is 1. The average molecular weight is 387 g/mol. The number of nitrogens with zero attached hydrogens (tertiary/aromatic N) is 1. The first-order valence-electron chi connectivity index (χ1n) is 7.20. The van der Waals surface area contributed by atoms with E-state index in [0.29, 0.717) is 26.3 Å². The van der Waals surface area contributed by atoms with Gasteiger partial charge >= 0.3 is 5.97 Å². The van der Waals surface area contributed by atoms with E-state index in [9.17, 15) is 9.59 Å². The molecular weight excluding hydrogens is 371 g/mol. The van der Waals surface area contributed by atoms with Crippen LogP contribution in [-0.2, 0) is 20.7 Å². The molecule has 0 saturated heterocycles. The third-order valence-corrected chi connectivity index (χ3v) is 4.41. The summed E-state index contributed by atoms with van der Waals surface area (Å²) in [6.45, 7) is 3.36. The van der Waals surface area contributed by atoms with E-state index in [4.69, 9.17) is 27.9 Å². The van der Waals surface area contributed by atoms with Crippen LogP contribution < -0.4 is 5.32 Å². The SMILES string of the molecule is CC(C)NC(=O)COC(=O)Cc1csc(-c2c(Cl)cccc2Cl)n1. The molecule has 2 aromatic rings. The molecular formula is C16H16Cl2N2O3S. The number of thiazole rings is 1. The van der Waals surface area contributed by atoms with Crippen molar-refractivity contribution in [2.75, 3.05) is 6.61 Å². The Balaban J connectivity index is 1.97. The molecule has 5 nitrogen and oxygen atoms in total. The third kappa shape index (κ3) is 5.19. The van der Waals surface area contributed by atoms with Gasteiger partial charge in [-0.25, -0.2) is 4.98 Å². The second kappa shape index (κ2) is 8.46. The Morgan fingerprint density at radius 2 is 1.96 bits per heavy atom. The Kier molecular flexibility index (Phi) is 6.60. The summed E-state index contributed by atoms with van der Waals surface area (Å²) in [5.74, 6) is -0.851. The highest BCUT2D eigenvalue weighted by Gasteiger charge is 2.15. The van der Waals surface area contributed by atoms with E-state index in [1.165, 1.54) is 11.3 Å². The van der Waals surface area contributed by atoms with Crippen LogP contribution in [0.4, 0.5) is 0 Å². The predicted molar refractivity (Wildman–Crippen MR) is 95.5 cm³/mol. The highest BCUT2D eigenvalue weighted by molar-refractivity contribution is 7.13. The zero-order valence-corrected chi connectivity index (χ0v) is 15.5. The molecule has 1 heterocycles. The summed E-state index contributed by atoms with van der Waals surface area (Å²) < 4.78 is 4.93. The van der Waals surface area contributed by atoms with Crippen molar-refractivity contribution in [3.8, 4) is 10.6 Å². The summed E-state index contributed by atoms with van der Waals surface area (Å²) in [5, 5.41) is 6.01. The standard InChI is InChI=1S/C16H16Cl2N2O3S/c1-9(2)19-13(21)7-23-14(22)6-10-8-24-16(20-10)15-11(17)4-3-5-12(15)18/h3-5,8-9H,6-7H2,1-2H3,(H,19,21). The summed E-state index contributed by atoms with van der Waals surface area (Å²) in [6.07, 6.45) is -0.0203. The molecule has 0 saturated carbocycles. The van der Waals surface area contributed by atoms with Gasteiger partial charge in [-0.1, -0.05) is 29.3 Å². The Bertz CT molecular complexity index is 726. The van der Waals surface area contributed by atoms with Crippen LogP contribution in [0.5, 0.6) is 0 Å². The first-order chi connectivity index (χ1) is 11.4. The molecule has 0 atom stereocenters. The number of amides is 1. The number of halogens is 2. The number of hydrogen-bond acceptors (Lipinski definition) is 5. The molecule has 0 spiro atoms. The second-order valence-corrected chi connectivity index (χ2v) is 6.97. The van der Waals surface area contributed by atoms with Crippen LogP contribution in [-0.4, -0.2) is 29.5 Å². The van der Waals surface area contributed by atoms with Gasteiger partial charge in [0.2, 0.25) is 0 Å². The fourth-order valence-corrected chi connectivity index (χ4v) is 3.49. The zero-order valence-electron chi connectivity index (χ0n) is 13.1. The Labute approximate surface area is 153 Å². The van der Waals surface area contributed by atoms with Gasteiger partial charge in [0, 0.05) is 17.0 Å². The van der Waals surface area contributed by atoms with E-state index in [1.807, 2.05) is 13.8 Å². The lowest BCUT2D eigenvalue weighted by atomic mass is 10.2. The number of esters is 1. The van der Waals surface area contributed by atoms with Crippen LogP contribution in [0, 0.1) is 0 Å². The third-order valence-electron chi connectivity index (χ3n) is 2.87. The monoisotopic (exact) mass is 386 g/mol. The minimum Gasteiger partial charge on any atom is -0.455 e. The molecule has 0 aliphatic heterocycles. The van der Waals surface area contributed by atoms with Gasteiger partial charge in [-0.3, -0.25) is 9.59 Å². The molecule has 2 rings (SSSR count). The van der Waals surface area contributed by atoms with Crippen LogP contribution >= 0.6 is 34.5 Å².